The van der Waals surface area contributed by atoms with Crippen molar-refractivity contribution in [1.29, 1.82) is 0 Å². The molecule has 0 bridgehead atoms. The Morgan fingerprint density at radius 1 is 0.960 bits per heavy atom. The van der Waals surface area contributed by atoms with Crippen molar-refractivity contribution >= 4 is 7.26 Å². The van der Waals surface area contributed by atoms with Gasteiger partial charge in [0.05, 0.1) is 0 Å². The van der Waals surface area contributed by atoms with Crippen LogP contribution < -0.4 is 0 Å². The number of hydrogen-bond acceptors (Lipinski definition) is 1. The second-order valence-electron chi connectivity index (χ2n) is 8.04. The van der Waals surface area contributed by atoms with E-state index in [4.69, 9.17) is 4.74 Å². The van der Waals surface area contributed by atoms with Crippen LogP contribution in [0.25, 0.3) is 0 Å². The summed E-state index contributed by atoms with van der Waals surface area (Å²) in [4.78, 5) is 0. The third-order valence-electron chi connectivity index (χ3n) is 5.82. The van der Waals surface area contributed by atoms with Crippen LogP contribution in [-0.2, 0) is 4.74 Å². The standard InChI is InChI=1S/C23H44OP/c1-5-9-17-25(18-10-6-2,19-11-7-3)21-22(8-4)20-24-23-15-13-12-14-16-23/h12-13,15-16,22,25H,5-11,14,17-21H2,1-4H3. The Morgan fingerprint density at radius 2 is 1.56 bits per heavy atom. The first kappa shape index (κ1) is 22.8. The van der Waals surface area contributed by atoms with Crippen LogP contribution in [0.5, 0.6) is 0 Å². The third kappa shape index (κ3) is 9.28. The van der Waals surface area contributed by atoms with Crippen LogP contribution in [0.4, 0.5) is 0 Å². The fourth-order valence-corrected chi connectivity index (χ4v) is 10.4. The summed E-state index contributed by atoms with van der Waals surface area (Å²) in [5.41, 5.74) is 0. The molecule has 0 spiro atoms. The molecule has 0 aromatic heterocycles. The summed E-state index contributed by atoms with van der Waals surface area (Å²) in [5, 5.41) is 0. The van der Waals surface area contributed by atoms with E-state index < -0.39 is 7.26 Å². The molecule has 1 unspecified atom stereocenters. The molecule has 0 aromatic rings. The van der Waals surface area contributed by atoms with E-state index >= 15 is 0 Å². The molecule has 1 radical (unpaired) electrons. The fraction of sp³-hybridized carbons (Fsp3) is 0.783. The van der Waals surface area contributed by atoms with Gasteiger partial charge in [0, 0.05) is 0 Å². The van der Waals surface area contributed by atoms with Gasteiger partial charge in [-0.1, -0.05) is 0 Å². The number of hydrogen-bond donors (Lipinski definition) is 0. The normalized spacial score (nSPS) is 16.6. The first-order valence-electron chi connectivity index (χ1n) is 11.0. The predicted molar refractivity (Wildman–Crippen MR) is 118 cm³/mol. The van der Waals surface area contributed by atoms with Gasteiger partial charge in [0.2, 0.25) is 0 Å². The van der Waals surface area contributed by atoms with E-state index in [-0.39, 0.29) is 0 Å². The molecule has 0 heterocycles. The van der Waals surface area contributed by atoms with Crippen LogP contribution in [0.3, 0.4) is 0 Å². The van der Waals surface area contributed by atoms with Gasteiger partial charge in [0.1, 0.15) is 0 Å². The van der Waals surface area contributed by atoms with Gasteiger partial charge in [-0.15, -0.1) is 0 Å². The summed E-state index contributed by atoms with van der Waals surface area (Å²) in [6.45, 7) is 10.4. The summed E-state index contributed by atoms with van der Waals surface area (Å²) in [7, 11) is -1.15. The van der Waals surface area contributed by atoms with Gasteiger partial charge in [-0.25, -0.2) is 0 Å². The molecule has 1 aliphatic carbocycles. The Labute approximate surface area is 159 Å². The molecule has 2 heteroatoms. The molecule has 0 N–H and O–H groups in total. The summed E-state index contributed by atoms with van der Waals surface area (Å²) in [5.74, 6) is 1.83. The molecular formula is C23H44OP. The van der Waals surface area contributed by atoms with Gasteiger partial charge in [-0.3, -0.25) is 0 Å². The summed E-state index contributed by atoms with van der Waals surface area (Å²) in [6, 6.07) is 0. The molecule has 1 nitrogen and oxygen atoms in total. The molecule has 0 aliphatic heterocycles. The van der Waals surface area contributed by atoms with Crippen molar-refractivity contribution in [3.63, 3.8) is 0 Å². The maximum atomic E-state index is 6.17. The monoisotopic (exact) mass is 367 g/mol. The summed E-state index contributed by atoms with van der Waals surface area (Å²) < 4.78 is 6.17. The molecule has 0 amide bonds. The van der Waals surface area contributed by atoms with E-state index in [1.165, 1.54) is 51.1 Å². The Morgan fingerprint density at radius 3 is 2.00 bits per heavy atom. The Balaban J connectivity index is 2.70. The summed E-state index contributed by atoms with van der Waals surface area (Å²) in [6.07, 6.45) is 25.5. The van der Waals surface area contributed by atoms with Crippen LogP contribution in [0.15, 0.2) is 24.0 Å². The van der Waals surface area contributed by atoms with Gasteiger partial charge in [-0.2, -0.15) is 0 Å². The Bertz CT molecular complexity index is 364. The van der Waals surface area contributed by atoms with Crippen molar-refractivity contribution in [2.45, 2.75) is 79.1 Å². The average Bonchev–Trinajstić information content (AvgIpc) is 2.66. The number of rotatable bonds is 15. The van der Waals surface area contributed by atoms with E-state index in [0.717, 1.165) is 24.7 Å². The van der Waals surface area contributed by atoms with Crippen molar-refractivity contribution in [1.82, 2.24) is 0 Å². The average molecular weight is 368 g/mol. The van der Waals surface area contributed by atoms with E-state index in [0.29, 0.717) is 0 Å². The molecular weight excluding hydrogens is 323 g/mol. The zero-order valence-electron chi connectivity index (χ0n) is 17.5. The zero-order chi connectivity index (χ0) is 18.4. The molecule has 25 heavy (non-hydrogen) atoms. The van der Waals surface area contributed by atoms with Crippen molar-refractivity contribution in [2.24, 2.45) is 5.92 Å². The quantitative estimate of drug-likeness (QED) is 0.277. The zero-order valence-corrected chi connectivity index (χ0v) is 18.5. The molecule has 1 rings (SSSR count). The van der Waals surface area contributed by atoms with Crippen LogP contribution in [-0.4, -0.2) is 31.3 Å². The maximum absolute atomic E-state index is 6.17. The number of unbranched alkanes of at least 4 members (excludes halogenated alkanes) is 3. The van der Waals surface area contributed by atoms with Gasteiger partial charge in [-0.05, 0) is 0 Å². The van der Waals surface area contributed by atoms with Crippen molar-refractivity contribution < 1.29 is 4.74 Å². The Hall–Kier alpha value is -0.290. The van der Waals surface area contributed by atoms with E-state index in [2.05, 4.69) is 52.3 Å². The van der Waals surface area contributed by atoms with Crippen LogP contribution in [0.2, 0.25) is 0 Å². The molecule has 147 valence electrons. The van der Waals surface area contributed by atoms with Crippen LogP contribution in [0.1, 0.15) is 79.1 Å². The van der Waals surface area contributed by atoms with E-state index in [9.17, 15) is 0 Å². The molecule has 0 saturated carbocycles. The number of ether oxygens (including phenoxy) is 1. The topological polar surface area (TPSA) is 9.23 Å². The van der Waals surface area contributed by atoms with Crippen molar-refractivity contribution in [3.05, 3.63) is 30.4 Å². The Kier molecular flexibility index (Phi) is 12.6. The fourth-order valence-electron chi connectivity index (χ4n) is 4.08. The SMILES string of the molecule is CCCC[PH](CCCC)(CCCC)CC(CC)COC1=CC=CC[CH]1. The van der Waals surface area contributed by atoms with Crippen molar-refractivity contribution in [2.75, 3.05) is 31.3 Å². The first-order chi connectivity index (χ1) is 12.2. The molecule has 0 saturated heterocycles. The van der Waals surface area contributed by atoms with Gasteiger partial charge >= 0.3 is 159 Å². The molecule has 0 fully saturated rings. The third-order valence-corrected chi connectivity index (χ3v) is 11.5. The molecule has 0 aromatic carbocycles. The molecule has 1 aliphatic rings. The predicted octanol–water partition coefficient (Wildman–Crippen LogP) is 7.23. The molecule has 1 atom stereocenters. The second kappa shape index (κ2) is 13.9. The second-order valence-corrected chi connectivity index (χ2v) is 12.9. The first-order valence-corrected chi connectivity index (χ1v) is 13.8. The van der Waals surface area contributed by atoms with Gasteiger partial charge < -0.3 is 0 Å². The van der Waals surface area contributed by atoms with E-state index in [1.54, 1.807) is 18.5 Å². The van der Waals surface area contributed by atoms with Gasteiger partial charge in [0.25, 0.3) is 0 Å². The van der Waals surface area contributed by atoms with Crippen LogP contribution in [0, 0.1) is 12.3 Å². The van der Waals surface area contributed by atoms with Crippen molar-refractivity contribution in [3.8, 4) is 0 Å². The van der Waals surface area contributed by atoms with Crippen LogP contribution >= 0.6 is 7.26 Å². The van der Waals surface area contributed by atoms with E-state index in [1.807, 2.05) is 0 Å². The van der Waals surface area contributed by atoms with Gasteiger partial charge in [0.15, 0.2) is 0 Å². The number of allylic oxidation sites excluding steroid dienone is 4. The minimum atomic E-state index is -1.15. The minimum absolute atomic E-state index is 0.748. The summed E-state index contributed by atoms with van der Waals surface area (Å²) >= 11 is 0.